The van der Waals surface area contributed by atoms with Crippen LogP contribution in [0.2, 0.25) is 0 Å². The number of pyridine rings is 1. The number of hydrogen-bond donors (Lipinski definition) is 3. The third kappa shape index (κ3) is 5.61. The number of aliphatic carboxylic acids is 1. The number of amides is 2. The normalized spacial score (nSPS) is 15.4. The second-order valence-corrected chi connectivity index (χ2v) is 8.14. The van der Waals surface area contributed by atoms with Crippen LogP contribution < -0.4 is 10.6 Å². The second kappa shape index (κ2) is 9.62. The topological polar surface area (TPSA) is 118 Å². The predicted octanol–water partition coefficient (Wildman–Crippen LogP) is 2.24. The molecule has 0 radical (unpaired) electrons. The largest absolute Gasteiger partial charge is 0.480 e. The highest BCUT2D eigenvalue weighted by Gasteiger charge is 2.28. The van der Waals surface area contributed by atoms with Gasteiger partial charge in [-0.3, -0.25) is 14.6 Å². The van der Waals surface area contributed by atoms with Crippen LogP contribution in [0.4, 0.5) is 5.00 Å². The van der Waals surface area contributed by atoms with Gasteiger partial charge in [0, 0.05) is 23.8 Å². The summed E-state index contributed by atoms with van der Waals surface area (Å²) < 4.78 is 4.84. The Morgan fingerprint density at radius 3 is 2.90 bits per heavy atom. The van der Waals surface area contributed by atoms with E-state index in [1.54, 1.807) is 18.5 Å². The average Bonchev–Trinajstić information content (AvgIpc) is 3.03. The highest BCUT2D eigenvalue weighted by molar-refractivity contribution is 7.17. The van der Waals surface area contributed by atoms with Gasteiger partial charge in [0.05, 0.1) is 5.56 Å². The van der Waals surface area contributed by atoms with Crippen LogP contribution in [0.5, 0.6) is 0 Å². The Morgan fingerprint density at radius 2 is 2.17 bits per heavy atom. The minimum atomic E-state index is -1.14. The van der Waals surface area contributed by atoms with Crippen molar-refractivity contribution in [1.82, 2.24) is 10.3 Å². The fourth-order valence-electron chi connectivity index (χ4n) is 3.25. The Balaban J connectivity index is 1.75. The molecule has 0 spiro atoms. The summed E-state index contributed by atoms with van der Waals surface area (Å²) in [5.41, 5.74) is 2.36. The van der Waals surface area contributed by atoms with E-state index in [-0.39, 0.29) is 12.5 Å². The number of rotatable bonds is 8. The van der Waals surface area contributed by atoms with Crippen LogP contribution in [-0.4, -0.2) is 41.1 Å². The molecule has 154 valence electrons. The minimum absolute atomic E-state index is 0.248. The van der Waals surface area contributed by atoms with Gasteiger partial charge in [0.2, 0.25) is 0 Å². The zero-order valence-electron chi connectivity index (χ0n) is 16.1. The first-order valence-electron chi connectivity index (χ1n) is 9.35. The molecule has 1 unspecified atom stereocenters. The van der Waals surface area contributed by atoms with Crippen LogP contribution in [-0.2, 0) is 33.7 Å². The quantitative estimate of drug-likeness (QED) is 0.606. The maximum absolute atomic E-state index is 13.0. The van der Waals surface area contributed by atoms with Crippen molar-refractivity contribution in [1.29, 1.82) is 0 Å². The highest BCUT2D eigenvalue weighted by atomic mass is 32.1. The molecule has 3 N–H and O–H groups in total. The zero-order chi connectivity index (χ0) is 20.8. The number of anilines is 1. The molecule has 0 saturated carbocycles. The molecule has 29 heavy (non-hydrogen) atoms. The van der Waals surface area contributed by atoms with E-state index in [2.05, 4.69) is 22.5 Å². The molecule has 0 bridgehead atoms. The lowest BCUT2D eigenvalue weighted by Gasteiger charge is -2.18. The Morgan fingerprint density at radius 1 is 1.34 bits per heavy atom. The molecule has 2 amide bonds. The van der Waals surface area contributed by atoms with Crippen molar-refractivity contribution in [2.45, 2.75) is 32.7 Å². The molecule has 0 saturated heterocycles. The van der Waals surface area contributed by atoms with Crippen LogP contribution in [0, 0.1) is 5.92 Å². The number of fused-ring (bicyclic) bond motifs is 1. The molecule has 1 aliphatic rings. The van der Waals surface area contributed by atoms with Crippen molar-refractivity contribution in [2.75, 3.05) is 18.5 Å². The van der Waals surface area contributed by atoms with E-state index < -0.39 is 18.5 Å². The maximum atomic E-state index is 13.0. The Labute approximate surface area is 172 Å². The van der Waals surface area contributed by atoms with Crippen molar-refractivity contribution in [3.63, 3.8) is 0 Å². The number of aromatic nitrogens is 1. The summed E-state index contributed by atoms with van der Waals surface area (Å²) in [4.78, 5) is 40.8. The molecule has 0 aromatic carbocycles. The number of carbonyl (C=O) groups is 3. The smallest absolute Gasteiger partial charge is 0.329 e. The van der Waals surface area contributed by atoms with Crippen molar-refractivity contribution in [3.05, 3.63) is 46.1 Å². The lowest BCUT2D eigenvalue weighted by molar-refractivity contribution is -0.143. The van der Waals surface area contributed by atoms with Crippen LogP contribution in [0.1, 0.15) is 39.7 Å². The first kappa shape index (κ1) is 20.9. The van der Waals surface area contributed by atoms with Crippen LogP contribution in [0.15, 0.2) is 24.5 Å². The van der Waals surface area contributed by atoms with Crippen LogP contribution in [0.3, 0.4) is 0 Å². The fraction of sp³-hybridized carbons (Fsp3) is 0.400. The summed E-state index contributed by atoms with van der Waals surface area (Å²) in [6, 6.07) is 3.68. The first-order valence-corrected chi connectivity index (χ1v) is 10.2. The maximum Gasteiger partial charge on any atom is 0.329 e. The summed E-state index contributed by atoms with van der Waals surface area (Å²) in [5, 5.41) is 14.7. The van der Waals surface area contributed by atoms with Gasteiger partial charge in [-0.1, -0.05) is 13.0 Å². The summed E-state index contributed by atoms with van der Waals surface area (Å²) in [6.45, 7) is 1.57. The van der Waals surface area contributed by atoms with Crippen molar-refractivity contribution < 1.29 is 24.2 Å². The molecule has 1 atom stereocenters. The van der Waals surface area contributed by atoms with Gasteiger partial charge in [-0.25, -0.2) is 4.79 Å². The summed E-state index contributed by atoms with van der Waals surface area (Å²) in [7, 11) is 0. The number of nitrogens with one attached hydrogen (secondary N) is 2. The van der Waals surface area contributed by atoms with Crippen LogP contribution >= 0.6 is 11.3 Å². The van der Waals surface area contributed by atoms with Gasteiger partial charge < -0.3 is 20.5 Å². The minimum Gasteiger partial charge on any atom is -0.480 e. The molecule has 0 fully saturated rings. The molecular weight excluding hydrogens is 394 g/mol. The Bertz CT molecular complexity index is 897. The third-order valence-corrected chi connectivity index (χ3v) is 5.80. The summed E-state index contributed by atoms with van der Waals surface area (Å²) in [6.07, 6.45) is 6.00. The predicted molar refractivity (Wildman–Crippen MR) is 108 cm³/mol. The van der Waals surface area contributed by atoms with Crippen LogP contribution in [0.25, 0.3) is 0 Å². The molecule has 2 aromatic heterocycles. The molecule has 3 rings (SSSR count). The van der Waals surface area contributed by atoms with Gasteiger partial charge in [-0.2, -0.15) is 0 Å². The lowest BCUT2D eigenvalue weighted by atomic mass is 9.88. The van der Waals surface area contributed by atoms with Crippen molar-refractivity contribution >= 4 is 34.1 Å². The number of ether oxygens (including phenoxy) is 1. The lowest BCUT2D eigenvalue weighted by Crippen LogP contribution is -2.26. The number of carboxylic acid groups (broad SMARTS) is 1. The summed E-state index contributed by atoms with van der Waals surface area (Å²) in [5.74, 6) is -1.36. The number of hydrogen-bond acceptors (Lipinski definition) is 6. The molecule has 9 heteroatoms. The Kier molecular flexibility index (Phi) is 6.95. The molecule has 2 heterocycles. The molecule has 0 aliphatic heterocycles. The standard InChI is InChI=1S/C20H23N3O5S/c1-12-4-5-14-15(7-12)29-20(23-16(24)10-28-11-17(25)26)18(14)19(27)22-9-13-3-2-6-21-8-13/h2-3,6,8,12H,4-5,7,9-11H2,1H3,(H,22,27)(H,23,24)(H,25,26). The van der Waals surface area contributed by atoms with E-state index in [0.717, 1.165) is 35.3 Å². The number of carbonyl (C=O) groups excluding carboxylic acids is 2. The monoisotopic (exact) mass is 417 g/mol. The summed E-state index contributed by atoms with van der Waals surface area (Å²) >= 11 is 1.41. The SMILES string of the molecule is CC1CCc2c(sc(NC(=O)COCC(=O)O)c2C(=O)NCc2cccnc2)C1. The van der Waals surface area contributed by atoms with Gasteiger partial charge in [0.15, 0.2) is 0 Å². The van der Waals surface area contributed by atoms with Gasteiger partial charge in [-0.05, 0) is 42.4 Å². The number of carboxylic acids is 1. The van der Waals surface area contributed by atoms with Crippen molar-refractivity contribution in [2.24, 2.45) is 5.92 Å². The highest BCUT2D eigenvalue weighted by Crippen LogP contribution is 2.39. The van der Waals surface area contributed by atoms with Gasteiger partial charge in [-0.15, -0.1) is 11.3 Å². The second-order valence-electron chi connectivity index (χ2n) is 7.03. The fourth-order valence-corrected chi connectivity index (χ4v) is 4.67. The van der Waals surface area contributed by atoms with E-state index in [4.69, 9.17) is 9.84 Å². The Hall–Kier alpha value is -2.78. The average molecular weight is 417 g/mol. The van der Waals surface area contributed by atoms with E-state index >= 15 is 0 Å². The first-order chi connectivity index (χ1) is 13.9. The number of nitrogens with zero attached hydrogens (tertiary/aromatic N) is 1. The molecule has 8 nitrogen and oxygen atoms in total. The van der Waals surface area contributed by atoms with E-state index in [1.165, 1.54) is 11.3 Å². The van der Waals surface area contributed by atoms with Gasteiger partial charge in [0.25, 0.3) is 11.8 Å². The zero-order valence-corrected chi connectivity index (χ0v) is 16.9. The molecule has 1 aliphatic carbocycles. The van der Waals surface area contributed by atoms with E-state index in [1.807, 2.05) is 6.07 Å². The molecular formula is C20H23N3O5S. The van der Waals surface area contributed by atoms with Crippen molar-refractivity contribution in [3.8, 4) is 0 Å². The molecule has 2 aromatic rings. The number of thiophene rings is 1. The van der Waals surface area contributed by atoms with E-state index in [0.29, 0.717) is 23.0 Å². The third-order valence-electron chi connectivity index (χ3n) is 4.63. The van der Waals surface area contributed by atoms with E-state index in [9.17, 15) is 14.4 Å². The van der Waals surface area contributed by atoms with Gasteiger partial charge in [0.1, 0.15) is 18.2 Å². The van der Waals surface area contributed by atoms with Gasteiger partial charge >= 0.3 is 5.97 Å².